The monoisotopic (exact) mass is 198 g/mol. The van der Waals surface area contributed by atoms with Crippen molar-refractivity contribution in [2.75, 3.05) is 24.6 Å². The summed E-state index contributed by atoms with van der Waals surface area (Å²) >= 11 is 2.03. The summed E-state index contributed by atoms with van der Waals surface area (Å²) in [4.78, 5) is 2.45. The van der Waals surface area contributed by atoms with Crippen LogP contribution in [-0.4, -0.2) is 34.7 Å². The molecule has 1 aliphatic rings. The van der Waals surface area contributed by atoms with Gasteiger partial charge in [-0.3, -0.25) is 4.90 Å². The molecule has 2 rings (SSSR count). The molecule has 1 fully saturated rings. The molecule has 13 heavy (non-hydrogen) atoms. The van der Waals surface area contributed by atoms with Crippen molar-refractivity contribution in [3.05, 3.63) is 17.5 Å². The largest absolute Gasteiger partial charge is 0.361 e. The van der Waals surface area contributed by atoms with Gasteiger partial charge in [0.1, 0.15) is 5.76 Å². The molecule has 1 aliphatic heterocycles. The van der Waals surface area contributed by atoms with Crippen LogP contribution in [0.4, 0.5) is 0 Å². The van der Waals surface area contributed by atoms with Crippen molar-refractivity contribution in [2.45, 2.75) is 13.5 Å². The highest BCUT2D eigenvalue weighted by molar-refractivity contribution is 7.99. The Hall–Kier alpha value is -0.480. The quantitative estimate of drug-likeness (QED) is 0.720. The van der Waals surface area contributed by atoms with Crippen LogP contribution in [0.25, 0.3) is 0 Å². The Labute approximate surface area is 82.5 Å². The zero-order valence-electron chi connectivity index (χ0n) is 7.82. The minimum atomic E-state index is 0.957. The van der Waals surface area contributed by atoms with Crippen molar-refractivity contribution in [3.63, 3.8) is 0 Å². The van der Waals surface area contributed by atoms with Crippen LogP contribution in [0.15, 0.2) is 10.7 Å². The lowest BCUT2D eigenvalue weighted by atomic mass is 10.2. The van der Waals surface area contributed by atoms with Gasteiger partial charge in [-0.2, -0.15) is 11.8 Å². The second kappa shape index (κ2) is 4.15. The van der Waals surface area contributed by atoms with Crippen molar-refractivity contribution in [2.24, 2.45) is 0 Å². The predicted octanol–water partition coefficient (Wildman–Crippen LogP) is 1.53. The third kappa shape index (κ3) is 2.25. The molecule has 1 aromatic rings. The van der Waals surface area contributed by atoms with Crippen molar-refractivity contribution < 1.29 is 4.52 Å². The normalized spacial score (nSPS) is 19.2. The molecule has 0 saturated carbocycles. The smallest absolute Gasteiger partial charge is 0.138 e. The van der Waals surface area contributed by atoms with Gasteiger partial charge >= 0.3 is 0 Å². The Balaban J connectivity index is 1.93. The Morgan fingerprint density at radius 1 is 1.54 bits per heavy atom. The van der Waals surface area contributed by atoms with Crippen LogP contribution in [0.1, 0.15) is 11.3 Å². The third-order valence-corrected chi connectivity index (χ3v) is 3.29. The Kier molecular flexibility index (Phi) is 2.90. The maximum Gasteiger partial charge on any atom is 0.138 e. The topological polar surface area (TPSA) is 29.3 Å². The lowest BCUT2D eigenvalue weighted by molar-refractivity contribution is 0.292. The summed E-state index contributed by atoms with van der Waals surface area (Å²) in [6.45, 7) is 5.35. The second-order valence-corrected chi connectivity index (χ2v) is 4.52. The molecule has 0 unspecified atom stereocenters. The number of aromatic nitrogens is 1. The molecular formula is C9H14N2OS. The van der Waals surface area contributed by atoms with Gasteiger partial charge in [0.2, 0.25) is 0 Å². The van der Waals surface area contributed by atoms with Crippen molar-refractivity contribution in [3.8, 4) is 0 Å². The molecule has 0 atom stereocenters. The molecule has 0 spiro atoms. The minimum absolute atomic E-state index is 0.957. The molecule has 2 heterocycles. The summed E-state index contributed by atoms with van der Waals surface area (Å²) in [7, 11) is 0. The Morgan fingerprint density at radius 2 is 2.31 bits per heavy atom. The summed E-state index contributed by atoms with van der Waals surface area (Å²) in [6, 6.07) is 0. The lowest BCUT2D eigenvalue weighted by Crippen LogP contribution is -2.31. The first-order valence-corrected chi connectivity index (χ1v) is 5.72. The van der Waals surface area contributed by atoms with Gasteiger partial charge in [-0.05, 0) is 6.92 Å². The highest BCUT2D eigenvalue weighted by Gasteiger charge is 2.13. The molecule has 0 N–H and O–H groups in total. The molecule has 0 bridgehead atoms. The number of rotatable bonds is 2. The van der Waals surface area contributed by atoms with Crippen molar-refractivity contribution >= 4 is 11.8 Å². The first-order valence-electron chi connectivity index (χ1n) is 4.56. The van der Waals surface area contributed by atoms with Crippen LogP contribution in [0.2, 0.25) is 0 Å². The summed E-state index contributed by atoms with van der Waals surface area (Å²) in [6.07, 6.45) is 1.83. The van der Waals surface area contributed by atoms with Crippen LogP contribution in [0.5, 0.6) is 0 Å². The molecular weight excluding hydrogens is 184 g/mol. The Morgan fingerprint density at radius 3 is 2.92 bits per heavy atom. The lowest BCUT2D eigenvalue weighted by Gasteiger charge is -2.25. The van der Waals surface area contributed by atoms with E-state index in [2.05, 4.69) is 10.1 Å². The van der Waals surface area contributed by atoms with Gasteiger partial charge < -0.3 is 4.52 Å². The van der Waals surface area contributed by atoms with Crippen LogP contribution < -0.4 is 0 Å². The molecule has 0 aliphatic carbocycles. The number of nitrogens with zero attached hydrogens (tertiary/aromatic N) is 2. The average Bonchev–Trinajstić information content (AvgIpc) is 2.54. The molecule has 3 nitrogen and oxygen atoms in total. The van der Waals surface area contributed by atoms with Crippen LogP contribution in [-0.2, 0) is 6.54 Å². The van der Waals surface area contributed by atoms with E-state index in [4.69, 9.17) is 4.52 Å². The molecule has 1 saturated heterocycles. The van der Waals surface area contributed by atoms with E-state index in [1.54, 1.807) is 0 Å². The fourth-order valence-electron chi connectivity index (χ4n) is 1.47. The number of aryl methyl sites for hydroxylation is 1. The van der Waals surface area contributed by atoms with Gasteiger partial charge in [-0.1, -0.05) is 5.16 Å². The molecule has 0 amide bonds. The van der Waals surface area contributed by atoms with E-state index < -0.39 is 0 Å². The minimum Gasteiger partial charge on any atom is -0.361 e. The van der Waals surface area contributed by atoms with Crippen LogP contribution in [0.3, 0.4) is 0 Å². The number of hydrogen-bond donors (Lipinski definition) is 0. The number of thioether (sulfide) groups is 1. The molecule has 72 valence electrons. The van der Waals surface area contributed by atoms with Gasteiger partial charge in [0.25, 0.3) is 0 Å². The summed E-state index contributed by atoms with van der Waals surface area (Å²) in [5, 5.41) is 3.78. The maximum absolute atomic E-state index is 5.02. The molecule has 4 heteroatoms. The molecule has 1 aromatic heterocycles. The first kappa shape index (κ1) is 9.09. The number of hydrogen-bond acceptors (Lipinski definition) is 4. The third-order valence-electron chi connectivity index (χ3n) is 2.35. The second-order valence-electron chi connectivity index (χ2n) is 3.30. The van der Waals surface area contributed by atoms with E-state index in [0.717, 1.165) is 12.3 Å². The summed E-state index contributed by atoms with van der Waals surface area (Å²) < 4.78 is 5.02. The van der Waals surface area contributed by atoms with Crippen molar-refractivity contribution in [1.29, 1.82) is 0 Å². The fourth-order valence-corrected chi connectivity index (χ4v) is 2.45. The highest BCUT2D eigenvalue weighted by Crippen LogP contribution is 2.14. The Bertz CT molecular complexity index is 268. The van der Waals surface area contributed by atoms with E-state index in [9.17, 15) is 0 Å². The van der Waals surface area contributed by atoms with E-state index in [1.807, 2.05) is 24.9 Å². The molecule has 0 radical (unpaired) electrons. The SMILES string of the molecule is Cc1oncc1CN1CCSCC1. The zero-order valence-corrected chi connectivity index (χ0v) is 8.64. The average molecular weight is 198 g/mol. The maximum atomic E-state index is 5.02. The van der Waals surface area contributed by atoms with Crippen LogP contribution >= 0.6 is 11.8 Å². The zero-order chi connectivity index (χ0) is 9.10. The standard InChI is InChI=1S/C9H14N2OS/c1-8-9(6-10-12-8)7-11-2-4-13-5-3-11/h6H,2-5,7H2,1H3. The van der Waals surface area contributed by atoms with Gasteiger partial charge in [0, 0.05) is 36.7 Å². The van der Waals surface area contributed by atoms with E-state index in [-0.39, 0.29) is 0 Å². The van der Waals surface area contributed by atoms with Gasteiger partial charge in [-0.25, -0.2) is 0 Å². The van der Waals surface area contributed by atoms with E-state index in [0.29, 0.717) is 0 Å². The molecule has 0 aromatic carbocycles. The van der Waals surface area contributed by atoms with Crippen LogP contribution in [0, 0.1) is 6.92 Å². The predicted molar refractivity (Wildman–Crippen MR) is 53.8 cm³/mol. The van der Waals surface area contributed by atoms with E-state index >= 15 is 0 Å². The van der Waals surface area contributed by atoms with Gasteiger partial charge in [0.05, 0.1) is 6.20 Å². The summed E-state index contributed by atoms with van der Waals surface area (Å²) in [5.41, 5.74) is 1.23. The fraction of sp³-hybridized carbons (Fsp3) is 0.667. The summed E-state index contributed by atoms with van der Waals surface area (Å²) in [5.74, 6) is 3.47. The van der Waals surface area contributed by atoms with Gasteiger partial charge in [0.15, 0.2) is 0 Å². The highest BCUT2D eigenvalue weighted by atomic mass is 32.2. The first-order chi connectivity index (χ1) is 6.36. The van der Waals surface area contributed by atoms with Crippen molar-refractivity contribution in [1.82, 2.24) is 10.1 Å². The van der Waals surface area contributed by atoms with Gasteiger partial charge in [-0.15, -0.1) is 0 Å². The van der Waals surface area contributed by atoms with E-state index in [1.165, 1.54) is 30.2 Å².